The lowest BCUT2D eigenvalue weighted by Gasteiger charge is -2.17. The molecule has 198 valence electrons. The predicted octanol–water partition coefficient (Wildman–Crippen LogP) is 7.97. The lowest BCUT2D eigenvalue weighted by Crippen LogP contribution is -2.08. The van der Waals surface area contributed by atoms with E-state index in [4.69, 9.17) is 14.2 Å². The Labute approximate surface area is 227 Å². The summed E-state index contributed by atoms with van der Waals surface area (Å²) in [4.78, 5) is 12.6. The van der Waals surface area contributed by atoms with Gasteiger partial charge in [-0.2, -0.15) is 0 Å². The number of para-hydroxylation sites is 1. The molecule has 4 aromatic rings. The van der Waals surface area contributed by atoms with Crippen molar-refractivity contribution in [1.29, 1.82) is 0 Å². The van der Waals surface area contributed by atoms with Gasteiger partial charge in [0.05, 0.1) is 13.2 Å². The van der Waals surface area contributed by atoms with Gasteiger partial charge in [0.15, 0.2) is 0 Å². The molecule has 0 amide bonds. The fourth-order valence-electron chi connectivity index (χ4n) is 4.20. The zero-order valence-corrected chi connectivity index (χ0v) is 22.4. The highest BCUT2D eigenvalue weighted by molar-refractivity contribution is 7.13. The average molecular weight is 533 g/mol. The van der Waals surface area contributed by atoms with Crippen LogP contribution < -0.4 is 14.2 Å². The monoisotopic (exact) mass is 532 g/mol. The second-order valence-corrected chi connectivity index (χ2v) is 9.69. The van der Waals surface area contributed by atoms with Crippen LogP contribution in [0.5, 0.6) is 28.7 Å². The molecule has 0 saturated carbocycles. The van der Waals surface area contributed by atoms with Gasteiger partial charge in [-0.25, -0.2) is 4.79 Å². The van der Waals surface area contributed by atoms with Crippen molar-refractivity contribution in [2.75, 3.05) is 13.2 Å². The normalized spacial score (nSPS) is 10.8. The van der Waals surface area contributed by atoms with Crippen molar-refractivity contribution in [2.45, 2.75) is 39.5 Å². The zero-order chi connectivity index (χ0) is 26.9. The molecule has 0 aliphatic heterocycles. The van der Waals surface area contributed by atoms with Crippen LogP contribution in [0, 0.1) is 0 Å². The van der Waals surface area contributed by atoms with Gasteiger partial charge < -0.3 is 24.4 Å². The number of thiophene rings is 1. The number of benzene rings is 3. The summed E-state index contributed by atoms with van der Waals surface area (Å²) >= 11 is 1.59. The molecule has 0 saturated heterocycles. The first-order valence-corrected chi connectivity index (χ1v) is 13.7. The summed E-state index contributed by atoms with van der Waals surface area (Å²) in [6, 6.07) is 19.8. The molecule has 0 bridgehead atoms. The Bertz CT molecular complexity index is 1360. The Morgan fingerprint density at radius 1 is 0.868 bits per heavy atom. The van der Waals surface area contributed by atoms with Crippen molar-refractivity contribution in [1.82, 2.24) is 0 Å². The maximum atomic E-state index is 11.6. The van der Waals surface area contributed by atoms with E-state index >= 15 is 0 Å². The number of aryl methyl sites for hydroxylation is 1. The minimum Gasteiger partial charge on any atom is -0.507 e. The van der Waals surface area contributed by atoms with Gasteiger partial charge in [0.1, 0.15) is 34.3 Å². The number of hydrogen-bond acceptors (Lipinski definition) is 6. The van der Waals surface area contributed by atoms with Crippen molar-refractivity contribution in [3.05, 3.63) is 88.8 Å². The van der Waals surface area contributed by atoms with Crippen LogP contribution in [0.4, 0.5) is 0 Å². The lowest BCUT2D eigenvalue weighted by atomic mass is 10.1. The van der Waals surface area contributed by atoms with Gasteiger partial charge in [0.25, 0.3) is 0 Å². The summed E-state index contributed by atoms with van der Waals surface area (Å²) in [5.74, 6) is 1.45. The molecule has 3 aromatic carbocycles. The van der Waals surface area contributed by atoms with Gasteiger partial charge in [0.2, 0.25) is 0 Å². The largest absolute Gasteiger partial charge is 0.507 e. The van der Waals surface area contributed by atoms with E-state index in [2.05, 4.69) is 13.8 Å². The number of carboxylic acid groups (broad SMARTS) is 1. The fourth-order valence-corrected chi connectivity index (χ4v) is 4.95. The summed E-state index contributed by atoms with van der Waals surface area (Å²) < 4.78 is 18.2. The van der Waals surface area contributed by atoms with Crippen LogP contribution in [0.2, 0.25) is 0 Å². The van der Waals surface area contributed by atoms with Crippen LogP contribution >= 0.6 is 11.3 Å². The van der Waals surface area contributed by atoms with E-state index in [-0.39, 0.29) is 11.3 Å². The second-order valence-electron chi connectivity index (χ2n) is 8.74. The number of phenols is 1. The third-order valence-electron chi connectivity index (χ3n) is 6.08. The summed E-state index contributed by atoms with van der Waals surface area (Å²) in [5.41, 5.74) is 2.88. The minimum absolute atomic E-state index is 0.110. The zero-order valence-electron chi connectivity index (χ0n) is 21.6. The Kier molecular flexibility index (Phi) is 9.27. The topological polar surface area (TPSA) is 85.2 Å². The summed E-state index contributed by atoms with van der Waals surface area (Å²) in [6.07, 6.45) is 3.05. The summed E-state index contributed by atoms with van der Waals surface area (Å²) in [6.45, 7) is 5.02. The van der Waals surface area contributed by atoms with Crippen LogP contribution in [-0.2, 0) is 12.8 Å². The highest BCUT2D eigenvalue weighted by atomic mass is 32.1. The molecule has 0 radical (unpaired) electrons. The standard InChI is InChI=1S/C31H32O6S/c1-3-10-22-26(13-7-14-27(22)37-28-12-6-5-11-23(28)31(33)34)35-16-9-17-36-29-20-25(32)24(19-21(29)4-2)30-15-8-18-38-30/h5-8,11-15,18-20,32H,3-4,9-10,16-17H2,1-2H3,(H,33,34). The van der Waals surface area contributed by atoms with Crippen molar-refractivity contribution < 1.29 is 29.2 Å². The smallest absolute Gasteiger partial charge is 0.339 e. The highest BCUT2D eigenvalue weighted by Gasteiger charge is 2.16. The van der Waals surface area contributed by atoms with Crippen LogP contribution in [0.3, 0.4) is 0 Å². The SMILES string of the molecule is CCCc1c(OCCCOc2cc(O)c(-c3cccs3)cc2CC)cccc1Oc1ccccc1C(=O)O. The third kappa shape index (κ3) is 6.47. The molecule has 1 heterocycles. The minimum atomic E-state index is -1.04. The molecule has 0 fully saturated rings. The van der Waals surface area contributed by atoms with Crippen LogP contribution in [0.1, 0.15) is 48.2 Å². The number of carbonyl (C=O) groups is 1. The van der Waals surface area contributed by atoms with Crippen LogP contribution in [0.15, 0.2) is 72.1 Å². The highest BCUT2D eigenvalue weighted by Crippen LogP contribution is 2.38. The van der Waals surface area contributed by atoms with Gasteiger partial charge in [-0.3, -0.25) is 0 Å². The molecule has 6 nitrogen and oxygen atoms in total. The van der Waals surface area contributed by atoms with E-state index in [9.17, 15) is 15.0 Å². The number of carboxylic acids is 1. The summed E-state index contributed by atoms with van der Waals surface area (Å²) in [5, 5.41) is 22.0. The van der Waals surface area contributed by atoms with Gasteiger partial charge in [0, 0.05) is 28.5 Å². The van der Waals surface area contributed by atoms with E-state index in [0.29, 0.717) is 42.6 Å². The Balaban J connectivity index is 1.39. The molecule has 0 aliphatic carbocycles. The van der Waals surface area contributed by atoms with E-state index in [1.54, 1.807) is 35.6 Å². The second kappa shape index (κ2) is 13.0. The molecule has 0 aliphatic rings. The Morgan fingerprint density at radius 2 is 1.61 bits per heavy atom. The first-order valence-electron chi connectivity index (χ1n) is 12.8. The molecule has 0 unspecified atom stereocenters. The van der Waals surface area contributed by atoms with Crippen LogP contribution in [0.25, 0.3) is 10.4 Å². The molecule has 0 spiro atoms. The predicted molar refractivity (Wildman–Crippen MR) is 150 cm³/mol. The van der Waals surface area contributed by atoms with Crippen molar-refractivity contribution in [2.24, 2.45) is 0 Å². The van der Waals surface area contributed by atoms with Crippen LogP contribution in [-0.4, -0.2) is 29.4 Å². The van der Waals surface area contributed by atoms with E-state index in [1.165, 1.54) is 6.07 Å². The first-order chi connectivity index (χ1) is 18.5. The maximum Gasteiger partial charge on any atom is 0.339 e. The Morgan fingerprint density at radius 3 is 2.32 bits per heavy atom. The van der Waals surface area contributed by atoms with Crippen molar-refractivity contribution >= 4 is 17.3 Å². The molecular weight excluding hydrogens is 500 g/mol. The fraction of sp³-hybridized carbons (Fsp3) is 0.258. The molecule has 38 heavy (non-hydrogen) atoms. The summed E-state index contributed by atoms with van der Waals surface area (Å²) in [7, 11) is 0. The number of ether oxygens (including phenoxy) is 3. The molecule has 1 aromatic heterocycles. The van der Waals surface area contributed by atoms with Gasteiger partial charge >= 0.3 is 5.97 Å². The molecular formula is C31H32O6S. The molecule has 7 heteroatoms. The van der Waals surface area contributed by atoms with Crippen molar-refractivity contribution in [3.8, 4) is 39.2 Å². The van der Waals surface area contributed by atoms with Gasteiger partial charge in [-0.1, -0.05) is 44.5 Å². The number of aromatic hydroxyl groups is 1. The Hall–Kier alpha value is -3.97. The van der Waals surface area contributed by atoms with Crippen molar-refractivity contribution in [3.63, 3.8) is 0 Å². The number of hydrogen-bond donors (Lipinski definition) is 2. The van der Waals surface area contributed by atoms with E-state index in [1.807, 2.05) is 41.8 Å². The molecule has 4 rings (SSSR count). The number of rotatable bonds is 13. The van der Waals surface area contributed by atoms with Gasteiger partial charge in [-0.15, -0.1) is 11.3 Å². The molecule has 0 atom stereocenters. The lowest BCUT2D eigenvalue weighted by molar-refractivity contribution is 0.0694. The first kappa shape index (κ1) is 27.1. The number of aromatic carboxylic acids is 1. The average Bonchev–Trinajstić information content (AvgIpc) is 3.45. The van der Waals surface area contributed by atoms with Gasteiger partial charge in [-0.05, 0) is 60.2 Å². The maximum absolute atomic E-state index is 11.6. The number of phenolic OH excluding ortho intramolecular Hbond substituents is 1. The van der Waals surface area contributed by atoms with E-state index < -0.39 is 5.97 Å². The van der Waals surface area contributed by atoms with E-state index in [0.717, 1.165) is 40.8 Å². The third-order valence-corrected chi connectivity index (χ3v) is 6.98. The quantitative estimate of drug-likeness (QED) is 0.170. The molecule has 2 N–H and O–H groups in total.